The van der Waals surface area contributed by atoms with Gasteiger partial charge in [-0.1, -0.05) is 0 Å². The van der Waals surface area contributed by atoms with Gasteiger partial charge in [-0.3, -0.25) is 0 Å². The predicted octanol–water partition coefficient (Wildman–Crippen LogP) is 0.641. The molecule has 0 bridgehead atoms. The van der Waals surface area contributed by atoms with Crippen LogP contribution in [-0.2, 0) is 0 Å². The summed E-state index contributed by atoms with van der Waals surface area (Å²) in [7, 11) is 0. The highest BCUT2D eigenvalue weighted by Gasteiger charge is 2.07. The Morgan fingerprint density at radius 3 is 2.44 bits per heavy atom. The van der Waals surface area contributed by atoms with Crippen molar-refractivity contribution in [2.75, 3.05) is 0 Å². The van der Waals surface area contributed by atoms with Crippen LogP contribution in [0.1, 0.15) is 12.1 Å². The molecule has 1 aromatic heterocycles. The van der Waals surface area contributed by atoms with E-state index in [0.29, 0.717) is 0 Å². The SMILES string of the molecule is O=c1[nH]cc(C(F)F)[nH]1. The number of hydrogen-bond acceptors (Lipinski definition) is 1. The largest absolute Gasteiger partial charge is 0.323 e. The minimum Gasteiger partial charge on any atom is -0.312 e. The Morgan fingerprint density at radius 2 is 2.22 bits per heavy atom. The third-order valence-corrected chi connectivity index (χ3v) is 0.852. The van der Waals surface area contributed by atoms with Crippen molar-refractivity contribution in [3.8, 4) is 0 Å². The van der Waals surface area contributed by atoms with E-state index in [-0.39, 0.29) is 5.69 Å². The van der Waals surface area contributed by atoms with E-state index in [1.54, 1.807) is 0 Å². The van der Waals surface area contributed by atoms with Gasteiger partial charge in [-0.05, 0) is 0 Å². The van der Waals surface area contributed by atoms with Crippen molar-refractivity contribution in [1.29, 1.82) is 0 Å². The smallest absolute Gasteiger partial charge is 0.312 e. The van der Waals surface area contributed by atoms with Crippen LogP contribution >= 0.6 is 0 Å². The van der Waals surface area contributed by atoms with Crippen molar-refractivity contribution in [3.63, 3.8) is 0 Å². The molecule has 0 amide bonds. The maximum Gasteiger partial charge on any atom is 0.323 e. The standard InChI is InChI=1S/C4H4F2N2O/c5-3(6)2-1-7-4(9)8-2/h1,3H,(H2,7,8,9). The molecular weight excluding hydrogens is 130 g/mol. The van der Waals surface area contributed by atoms with Crippen molar-refractivity contribution in [1.82, 2.24) is 9.97 Å². The molecule has 0 spiro atoms. The lowest BCUT2D eigenvalue weighted by molar-refractivity contribution is 0.146. The summed E-state index contributed by atoms with van der Waals surface area (Å²) in [6.07, 6.45) is -1.66. The molecule has 0 fully saturated rings. The van der Waals surface area contributed by atoms with E-state index in [4.69, 9.17) is 0 Å². The number of nitrogens with one attached hydrogen (secondary N) is 2. The van der Waals surface area contributed by atoms with Crippen LogP contribution in [0, 0.1) is 0 Å². The van der Waals surface area contributed by atoms with Crippen LogP contribution < -0.4 is 5.69 Å². The summed E-state index contributed by atoms with van der Waals surface area (Å²) in [5.74, 6) is 0. The Kier molecular flexibility index (Phi) is 1.33. The first-order valence-corrected chi connectivity index (χ1v) is 2.26. The van der Waals surface area contributed by atoms with Gasteiger partial charge < -0.3 is 9.97 Å². The summed E-state index contributed by atoms with van der Waals surface area (Å²) >= 11 is 0. The number of H-pyrrole nitrogens is 2. The number of imidazole rings is 1. The summed E-state index contributed by atoms with van der Waals surface area (Å²) in [5.41, 5.74) is -0.981. The molecule has 3 nitrogen and oxygen atoms in total. The van der Waals surface area contributed by atoms with Gasteiger partial charge in [0.1, 0.15) is 5.69 Å². The fourth-order valence-electron chi connectivity index (χ4n) is 0.464. The molecule has 0 aliphatic carbocycles. The van der Waals surface area contributed by atoms with E-state index in [2.05, 4.69) is 4.98 Å². The zero-order chi connectivity index (χ0) is 6.85. The molecular formula is C4H4F2N2O. The molecule has 1 aromatic rings. The molecule has 0 aromatic carbocycles. The maximum absolute atomic E-state index is 11.6. The van der Waals surface area contributed by atoms with Gasteiger partial charge in [0.15, 0.2) is 0 Å². The van der Waals surface area contributed by atoms with Crippen LogP contribution in [0.25, 0.3) is 0 Å². The van der Waals surface area contributed by atoms with Gasteiger partial charge in [-0.15, -0.1) is 0 Å². The van der Waals surface area contributed by atoms with Gasteiger partial charge in [0.25, 0.3) is 6.43 Å². The van der Waals surface area contributed by atoms with Gasteiger partial charge in [0.2, 0.25) is 0 Å². The molecule has 2 N–H and O–H groups in total. The first-order valence-electron chi connectivity index (χ1n) is 2.26. The van der Waals surface area contributed by atoms with Crippen LogP contribution in [0.2, 0.25) is 0 Å². The lowest BCUT2D eigenvalue weighted by atomic mass is 10.5. The van der Waals surface area contributed by atoms with Gasteiger partial charge in [0, 0.05) is 6.20 Å². The first kappa shape index (κ1) is 6.00. The molecule has 0 saturated carbocycles. The average molecular weight is 134 g/mol. The molecule has 50 valence electrons. The minimum atomic E-state index is -2.61. The first-order chi connectivity index (χ1) is 4.20. The molecule has 0 aliphatic rings. The normalized spacial score (nSPS) is 10.6. The summed E-state index contributed by atoms with van der Waals surface area (Å²) in [4.78, 5) is 14.1. The zero-order valence-electron chi connectivity index (χ0n) is 4.32. The molecule has 0 saturated heterocycles. The maximum atomic E-state index is 11.6. The lowest BCUT2D eigenvalue weighted by Gasteiger charge is -1.87. The monoisotopic (exact) mass is 134 g/mol. The van der Waals surface area contributed by atoms with Crippen LogP contribution in [-0.4, -0.2) is 9.97 Å². The Labute approximate surface area is 48.7 Å². The summed E-state index contributed by atoms with van der Waals surface area (Å²) in [6.45, 7) is 0. The Bertz CT molecular complexity index is 239. The highest BCUT2D eigenvalue weighted by Crippen LogP contribution is 2.12. The van der Waals surface area contributed by atoms with Crippen LogP contribution in [0.5, 0.6) is 0 Å². The van der Waals surface area contributed by atoms with Crippen molar-refractivity contribution in [2.45, 2.75) is 6.43 Å². The molecule has 0 unspecified atom stereocenters. The Balaban J connectivity index is 2.98. The summed E-state index contributed by atoms with van der Waals surface area (Å²) in [6, 6.07) is 0. The quantitative estimate of drug-likeness (QED) is 0.581. The van der Waals surface area contributed by atoms with Crippen LogP contribution in [0.15, 0.2) is 11.0 Å². The van der Waals surface area contributed by atoms with Crippen molar-refractivity contribution in [3.05, 3.63) is 22.4 Å². The van der Waals surface area contributed by atoms with E-state index in [1.807, 2.05) is 4.98 Å². The molecule has 0 atom stereocenters. The zero-order valence-corrected chi connectivity index (χ0v) is 4.32. The van der Waals surface area contributed by atoms with Crippen LogP contribution in [0.4, 0.5) is 8.78 Å². The third kappa shape index (κ3) is 1.16. The molecule has 1 heterocycles. The minimum absolute atomic E-state index is 0.375. The fraction of sp³-hybridized carbons (Fsp3) is 0.250. The molecule has 0 radical (unpaired) electrons. The van der Waals surface area contributed by atoms with Crippen LogP contribution in [0.3, 0.4) is 0 Å². The predicted molar refractivity (Wildman–Crippen MR) is 26.4 cm³/mol. The highest BCUT2D eigenvalue weighted by molar-refractivity contribution is 4.95. The topological polar surface area (TPSA) is 48.6 Å². The van der Waals surface area contributed by atoms with E-state index < -0.39 is 12.1 Å². The molecule has 1 rings (SSSR count). The molecule has 5 heteroatoms. The summed E-state index contributed by atoms with van der Waals surface area (Å²) < 4.78 is 23.2. The lowest BCUT2D eigenvalue weighted by Crippen LogP contribution is -2.00. The second-order valence-corrected chi connectivity index (χ2v) is 1.50. The number of rotatable bonds is 1. The van der Waals surface area contributed by atoms with Gasteiger partial charge in [-0.2, -0.15) is 0 Å². The average Bonchev–Trinajstić information content (AvgIpc) is 2.14. The Hall–Kier alpha value is -1.13. The van der Waals surface area contributed by atoms with E-state index in [0.717, 1.165) is 6.20 Å². The number of halogens is 2. The fourth-order valence-corrected chi connectivity index (χ4v) is 0.464. The summed E-state index contributed by atoms with van der Waals surface area (Å²) in [5, 5.41) is 0. The Morgan fingerprint density at radius 1 is 1.56 bits per heavy atom. The van der Waals surface area contributed by atoms with Gasteiger partial charge in [0.05, 0.1) is 0 Å². The van der Waals surface area contributed by atoms with E-state index in [1.165, 1.54) is 0 Å². The van der Waals surface area contributed by atoms with Crippen molar-refractivity contribution >= 4 is 0 Å². The number of alkyl halides is 2. The van der Waals surface area contributed by atoms with E-state index in [9.17, 15) is 13.6 Å². The highest BCUT2D eigenvalue weighted by atomic mass is 19.3. The third-order valence-electron chi connectivity index (χ3n) is 0.852. The second-order valence-electron chi connectivity index (χ2n) is 1.50. The van der Waals surface area contributed by atoms with Gasteiger partial charge in [-0.25, -0.2) is 13.6 Å². The van der Waals surface area contributed by atoms with Crippen molar-refractivity contribution in [2.24, 2.45) is 0 Å². The number of hydrogen-bond donors (Lipinski definition) is 2. The van der Waals surface area contributed by atoms with Crippen molar-refractivity contribution < 1.29 is 8.78 Å². The molecule has 9 heavy (non-hydrogen) atoms. The number of aromatic amines is 2. The molecule has 0 aliphatic heterocycles. The van der Waals surface area contributed by atoms with Gasteiger partial charge >= 0.3 is 5.69 Å². The second kappa shape index (κ2) is 2.00. The number of aromatic nitrogens is 2. The van der Waals surface area contributed by atoms with E-state index >= 15 is 0 Å².